The summed E-state index contributed by atoms with van der Waals surface area (Å²) in [7, 11) is 0. The molecule has 3 aromatic carbocycles. The summed E-state index contributed by atoms with van der Waals surface area (Å²) in [5.74, 6) is 0.533. The number of carbonyl (C=O) groups is 1. The minimum Gasteiger partial charge on any atom is -0.504 e. The fourth-order valence-corrected chi connectivity index (χ4v) is 4.64. The number of pyridine rings is 1. The highest BCUT2D eigenvalue weighted by atomic mass is 32.2. The molecule has 1 aromatic heterocycles. The van der Waals surface area contributed by atoms with Gasteiger partial charge >= 0.3 is 0 Å². The monoisotopic (exact) mass is 457 g/mol. The van der Waals surface area contributed by atoms with E-state index in [4.69, 9.17) is 4.74 Å². The Kier molecular flexibility index (Phi) is 5.79. The van der Waals surface area contributed by atoms with Crippen LogP contribution in [0.3, 0.4) is 0 Å². The Morgan fingerprint density at radius 3 is 2.73 bits per heavy atom. The first-order valence-corrected chi connectivity index (χ1v) is 11.5. The van der Waals surface area contributed by atoms with E-state index >= 15 is 0 Å². The largest absolute Gasteiger partial charge is 0.504 e. The van der Waals surface area contributed by atoms with Gasteiger partial charge < -0.3 is 19.5 Å². The molecule has 7 heteroatoms. The molecule has 1 amide bonds. The van der Waals surface area contributed by atoms with Crippen LogP contribution in [0.5, 0.6) is 11.5 Å². The molecule has 1 aliphatic heterocycles. The number of carbonyl (C=O) groups excluding carboxylic acids is 1. The second-order valence-corrected chi connectivity index (χ2v) is 8.83. The molecule has 0 spiro atoms. The number of ether oxygens (including phenoxy) is 1. The first-order chi connectivity index (χ1) is 16.1. The number of phenols is 1. The zero-order valence-corrected chi connectivity index (χ0v) is 18.9. The van der Waals surface area contributed by atoms with Crippen molar-refractivity contribution in [2.75, 3.05) is 17.8 Å². The van der Waals surface area contributed by atoms with E-state index in [0.29, 0.717) is 24.4 Å². The van der Waals surface area contributed by atoms with Crippen molar-refractivity contribution in [2.45, 2.75) is 17.9 Å². The van der Waals surface area contributed by atoms with Crippen molar-refractivity contribution in [2.24, 2.45) is 0 Å². The number of aromatic nitrogens is 1. The SMILES string of the molecule is Cc1cc(C(=O)N2CC(Oc3ccccc3O)C2)ccc1NSc1cccc2cccnc12. The number of benzene rings is 3. The summed E-state index contributed by atoms with van der Waals surface area (Å²) in [6.45, 7) is 2.98. The van der Waals surface area contributed by atoms with Crippen LogP contribution in [-0.2, 0) is 0 Å². The summed E-state index contributed by atoms with van der Waals surface area (Å²) >= 11 is 1.51. The lowest BCUT2D eigenvalue weighted by Crippen LogP contribution is -2.56. The first kappa shape index (κ1) is 21.2. The highest BCUT2D eigenvalue weighted by molar-refractivity contribution is 8.00. The van der Waals surface area contributed by atoms with Gasteiger partial charge in [-0.15, -0.1) is 0 Å². The highest BCUT2D eigenvalue weighted by Crippen LogP contribution is 2.30. The van der Waals surface area contributed by atoms with Crippen LogP contribution < -0.4 is 9.46 Å². The number of aryl methyl sites for hydroxylation is 1. The molecule has 0 saturated carbocycles. The molecule has 1 saturated heterocycles. The molecule has 166 valence electrons. The topological polar surface area (TPSA) is 74.7 Å². The predicted octanol–water partition coefficient (Wildman–Crippen LogP) is 5.27. The van der Waals surface area contributed by atoms with Crippen molar-refractivity contribution in [3.05, 3.63) is 90.1 Å². The van der Waals surface area contributed by atoms with Crippen LogP contribution in [0.15, 0.2) is 83.9 Å². The van der Waals surface area contributed by atoms with E-state index < -0.39 is 0 Å². The number of phenolic OH excluding ortho intramolecular Hbond substituents is 1. The predicted molar refractivity (Wildman–Crippen MR) is 131 cm³/mol. The molecule has 1 aliphatic rings. The van der Waals surface area contributed by atoms with Gasteiger partial charge in [-0.25, -0.2) is 0 Å². The van der Waals surface area contributed by atoms with Gasteiger partial charge in [0.2, 0.25) is 0 Å². The summed E-state index contributed by atoms with van der Waals surface area (Å²) in [4.78, 5) is 20.2. The van der Waals surface area contributed by atoms with Gasteiger partial charge in [-0.1, -0.05) is 30.3 Å². The second kappa shape index (κ2) is 9.03. The van der Waals surface area contributed by atoms with Crippen LogP contribution >= 0.6 is 11.9 Å². The van der Waals surface area contributed by atoms with E-state index in [9.17, 15) is 9.90 Å². The fourth-order valence-electron chi connectivity index (χ4n) is 3.78. The van der Waals surface area contributed by atoms with E-state index in [-0.39, 0.29) is 17.8 Å². The van der Waals surface area contributed by atoms with Crippen molar-refractivity contribution in [1.82, 2.24) is 9.88 Å². The molecule has 0 aliphatic carbocycles. The molecule has 4 aromatic rings. The number of hydrogen-bond donors (Lipinski definition) is 2. The molecule has 1 fully saturated rings. The lowest BCUT2D eigenvalue weighted by molar-refractivity contribution is 0.0169. The highest BCUT2D eigenvalue weighted by Gasteiger charge is 2.33. The third kappa shape index (κ3) is 4.45. The quantitative estimate of drug-likeness (QED) is 0.384. The van der Waals surface area contributed by atoms with Crippen molar-refractivity contribution in [3.63, 3.8) is 0 Å². The van der Waals surface area contributed by atoms with Gasteiger partial charge in [0.15, 0.2) is 11.5 Å². The fraction of sp³-hybridized carbons (Fsp3) is 0.154. The number of amides is 1. The Morgan fingerprint density at radius 1 is 1.09 bits per heavy atom. The summed E-state index contributed by atoms with van der Waals surface area (Å²) in [6, 6.07) is 22.6. The van der Waals surface area contributed by atoms with Crippen molar-refractivity contribution >= 4 is 34.4 Å². The molecular formula is C26H23N3O3S. The molecule has 0 atom stereocenters. The maximum Gasteiger partial charge on any atom is 0.254 e. The third-order valence-electron chi connectivity index (χ3n) is 5.63. The minimum atomic E-state index is -0.116. The number of fused-ring (bicyclic) bond motifs is 1. The van der Waals surface area contributed by atoms with E-state index in [1.165, 1.54) is 11.9 Å². The first-order valence-electron chi connectivity index (χ1n) is 10.7. The van der Waals surface area contributed by atoms with E-state index in [2.05, 4.69) is 9.71 Å². The molecule has 6 nitrogen and oxygen atoms in total. The number of anilines is 1. The van der Waals surface area contributed by atoms with Crippen LogP contribution in [0.4, 0.5) is 5.69 Å². The Bertz CT molecular complexity index is 1320. The number of aromatic hydroxyl groups is 1. The number of rotatable bonds is 6. The number of para-hydroxylation sites is 3. The molecular weight excluding hydrogens is 434 g/mol. The van der Waals surface area contributed by atoms with Crippen LogP contribution in [0.25, 0.3) is 10.9 Å². The molecule has 0 bridgehead atoms. The maximum atomic E-state index is 12.9. The molecule has 5 rings (SSSR count). The standard InChI is InChI=1S/C26H23N3O3S/c1-17-14-19(26(31)29-15-20(16-29)32-23-9-3-2-8-22(23)30)11-12-21(17)28-33-24-10-4-6-18-7-5-13-27-25(18)24/h2-14,20,28,30H,15-16H2,1H3. The average Bonchev–Trinajstić information content (AvgIpc) is 2.81. The molecule has 0 unspecified atom stereocenters. The van der Waals surface area contributed by atoms with Crippen molar-refractivity contribution in [1.29, 1.82) is 0 Å². The lowest BCUT2D eigenvalue weighted by Gasteiger charge is -2.39. The van der Waals surface area contributed by atoms with Crippen LogP contribution in [0.1, 0.15) is 15.9 Å². The second-order valence-electron chi connectivity index (χ2n) is 7.98. The lowest BCUT2D eigenvalue weighted by atomic mass is 10.1. The summed E-state index contributed by atoms with van der Waals surface area (Å²) < 4.78 is 9.18. The van der Waals surface area contributed by atoms with Crippen LogP contribution in [-0.4, -0.2) is 40.1 Å². The van der Waals surface area contributed by atoms with Gasteiger partial charge in [-0.3, -0.25) is 9.78 Å². The Labute approximate surface area is 196 Å². The molecule has 2 N–H and O–H groups in total. The Balaban J connectivity index is 1.20. The Hall–Kier alpha value is -3.71. The van der Waals surface area contributed by atoms with Gasteiger partial charge in [0.25, 0.3) is 5.91 Å². The van der Waals surface area contributed by atoms with Crippen LogP contribution in [0.2, 0.25) is 0 Å². The third-order valence-corrected chi connectivity index (χ3v) is 6.51. The minimum absolute atomic E-state index is 0.0207. The van der Waals surface area contributed by atoms with E-state index in [1.54, 1.807) is 29.3 Å². The maximum absolute atomic E-state index is 12.9. The average molecular weight is 458 g/mol. The molecule has 33 heavy (non-hydrogen) atoms. The van der Waals surface area contributed by atoms with Crippen molar-refractivity contribution in [3.8, 4) is 11.5 Å². The summed E-state index contributed by atoms with van der Waals surface area (Å²) in [5.41, 5.74) is 3.55. The van der Waals surface area contributed by atoms with Crippen LogP contribution in [0, 0.1) is 6.92 Å². The number of hydrogen-bond acceptors (Lipinski definition) is 6. The Morgan fingerprint density at radius 2 is 1.91 bits per heavy atom. The smallest absolute Gasteiger partial charge is 0.254 e. The summed E-state index contributed by atoms with van der Waals surface area (Å²) in [6.07, 6.45) is 1.68. The van der Waals surface area contributed by atoms with E-state index in [0.717, 1.165) is 27.0 Å². The molecule has 0 radical (unpaired) electrons. The van der Waals surface area contributed by atoms with Gasteiger partial charge in [-0.05, 0) is 66.9 Å². The molecule has 2 heterocycles. The normalized spacial score (nSPS) is 13.5. The number of likely N-dealkylation sites (tertiary alicyclic amines) is 1. The number of nitrogens with one attached hydrogen (secondary N) is 1. The zero-order valence-electron chi connectivity index (χ0n) is 18.1. The number of nitrogens with zero attached hydrogens (tertiary/aromatic N) is 2. The van der Waals surface area contributed by atoms with Gasteiger partial charge in [-0.2, -0.15) is 0 Å². The van der Waals surface area contributed by atoms with Gasteiger partial charge in [0.1, 0.15) is 6.10 Å². The van der Waals surface area contributed by atoms with E-state index in [1.807, 2.05) is 61.5 Å². The van der Waals surface area contributed by atoms with Crippen molar-refractivity contribution < 1.29 is 14.6 Å². The zero-order chi connectivity index (χ0) is 22.8. The van der Waals surface area contributed by atoms with Gasteiger partial charge in [0.05, 0.1) is 23.5 Å². The van der Waals surface area contributed by atoms with Gasteiger partial charge in [0, 0.05) is 22.8 Å². The summed E-state index contributed by atoms with van der Waals surface area (Å²) in [5, 5.41) is 10.9.